The summed E-state index contributed by atoms with van der Waals surface area (Å²) in [5.74, 6) is -0.460. The number of carbonyl (C=O) groups excluding carboxylic acids is 1. The molecule has 25 heavy (non-hydrogen) atoms. The van der Waals surface area contributed by atoms with Crippen LogP contribution in [-0.2, 0) is 4.79 Å². The smallest absolute Gasteiger partial charge is 0.217 e. The first-order valence-electron chi connectivity index (χ1n) is 9.61. The standard InChI is InChI=1S/C20H35NO4/c1-2-3-6-9-15(22)12-13-17-16(18(23)14-19(17)24)10-7-4-5-8-11-20(21)25/h4,7,12-13,15-19,22-24H,2-3,5-6,8-11,14H2,1H3,(H2,21,25)/b7-4-,13-12+/t15?,16-,17-,18+,19-/m1/s1. The number of amides is 1. The van der Waals surface area contributed by atoms with Gasteiger partial charge in [-0.1, -0.05) is 50.5 Å². The van der Waals surface area contributed by atoms with E-state index in [-0.39, 0.29) is 17.7 Å². The first-order chi connectivity index (χ1) is 12.0. The van der Waals surface area contributed by atoms with Crippen molar-refractivity contribution in [2.75, 3.05) is 0 Å². The minimum Gasteiger partial charge on any atom is -0.393 e. The third-order valence-corrected chi connectivity index (χ3v) is 4.94. The number of hydrogen-bond donors (Lipinski definition) is 4. The maximum atomic E-state index is 10.7. The van der Waals surface area contributed by atoms with Crippen LogP contribution in [0.1, 0.15) is 64.7 Å². The molecule has 0 saturated heterocycles. The summed E-state index contributed by atoms with van der Waals surface area (Å²) in [4.78, 5) is 10.7. The Hall–Kier alpha value is -1.17. The molecule has 0 aromatic rings. The molecule has 5 atom stereocenters. The highest BCUT2D eigenvalue weighted by molar-refractivity contribution is 5.73. The molecule has 1 unspecified atom stereocenters. The lowest BCUT2D eigenvalue weighted by molar-refractivity contribution is -0.118. The number of hydrogen-bond acceptors (Lipinski definition) is 4. The maximum Gasteiger partial charge on any atom is 0.217 e. The Balaban J connectivity index is 2.46. The second-order valence-electron chi connectivity index (χ2n) is 7.13. The molecule has 1 amide bonds. The molecule has 144 valence electrons. The zero-order valence-corrected chi connectivity index (χ0v) is 15.4. The van der Waals surface area contributed by atoms with Crippen molar-refractivity contribution in [1.82, 2.24) is 0 Å². The van der Waals surface area contributed by atoms with Gasteiger partial charge in [0, 0.05) is 18.8 Å². The van der Waals surface area contributed by atoms with Gasteiger partial charge in [0.1, 0.15) is 0 Å². The molecular weight excluding hydrogens is 318 g/mol. The van der Waals surface area contributed by atoms with Crippen molar-refractivity contribution in [2.24, 2.45) is 17.6 Å². The Morgan fingerprint density at radius 1 is 1.20 bits per heavy atom. The molecule has 5 nitrogen and oxygen atoms in total. The number of allylic oxidation sites excluding steroid dienone is 2. The van der Waals surface area contributed by atoms with Crippen molar-refractivity contribution < 1.29 is 20.1 Å². The van der Waals surface area contributed by atoms with Crippen LogP contribution in [0.25, 0.3) is 0 Å². The summed E-state index contributed by atoms with van der Waals surface area (Å²) in [7, 11) is 0. The summed E-state index contributed by atoms with van der Waals surface area (Å²) in [5, 5.41) is 30.4. The van der Waals surface area contributed by atoms with E-state index in [1.54, 1.807) is 6.08 Å². The Morgan fingerprint density at radius 3 is 2.64 bits per heavy atom. The summed E-state index contributed by atoms with van der Waals surface area (Å²) < 4.78 is 0. The summed E-state index contributed by atoms with van der Waals surface area (Å²) in [5.41, 5.74) is 5.10. The maximum absolute atomic E-state index is 10.7. The number of nitrogens with two attached hydrogens (primary N) is 1. The molecule has 0 radical (unpaired) electrons. The van der Waals surface area contributed by atoms with E-state index in [1.165, 1.54) is 0 Å². The predicted molar refractivity (Wildman–Crippen MR) is 99.7 cm³/mol. The van der Waals surface area contributed by atoms with Gasteiger partial charge in [-0.15, -0.1) is 0 Å². The second kappa shape index (κ2) is 12.2. The number of aliphatic hydroxyl groups excluding tert-OH is 3. The minimum absolute atomic E-state index is 0.0403. The van der Waals surface area contributed by atoms with Gasteiger partial charge in [0.05, 0.1) is 18.3 Å². The Kier molecular flexibility index (Phi) is 10.7. The van der Waals surface area contributed by atoms with Gasteiger partial charge < -0.3 is 21.1 Å². The van der Waals surface area contributed by atoms with Crippen molar-refractivity contribution in [1.29, 1.82) is 0 Å². The van der Waals surface area contributed by atoms with Crippen molar-refractivity contribution in [3.05, 3.63) is 24.3 Å². The Morgan fingerprint density at radius 2 is 1.96 bits per heavy atom. The summed E-state index contributed by atoms with van der Waals surface area (Å²) in [6.45, 7) is 2.13. The summed E-state index contributed by atoms with van der Waals surface area (Å²) in [6, 6.07) is 0. The van der Waals surface area contributed by atoms with Crippen LogP contribution in [0.3, 0.4) is 0 Å². The van der Waals surface area contributed by atoms with Crippen molar-refractivity contribution >= 4 is 5.91 Å². The SMILES string of the molecule is CCCCCC(O)/C=C/[C@@H]1[C@@H](C/C=C\CCCC(N)=O)[C@@H](O)C[C@H]1O. The summed E-state index contributed by atoms with van der Waals surface area (Å²) in [6.07, 6.45) is 13.0. The predicted octanol–water partition coefficient (Wildman–Crippen LogP) is 2.44. The number of unbranched alkanes of at least 4 members (excludes halogenated alkanes) is 3. The Bertz CT molecular complexity index is 435. The van der Waals surface area contributed by atoms with Gasteiger partial charge in [0.2, 0.25) is 5.91 Å². The molecular formula is C20H35NO4. The lowest BCUT2D eigenvalue weighted by atomic mass is 9.89. The van der Waals surface area contributed by atoms with Crippen molar-refractivity contribution in [3.8, 4) is 0 Å². The normalized spacial score (nSPS) is 28.2. The number of rotatable bonds is 12. The first-order valence-corrected chi connectivity index (χ1v) is 9.61. The summed E-state index contributed by atoms with van der Waals surface area (Å²) >= 11 is 0. The van der Waals surface area contributed by atoms with E-state index in [0.717, 1.165) is 38.5 Å². The third-order valence-electron chi connectivity index (χ3n) is 4.94. The highest BCUT2D eigenvalue weighted by atomic mass is 16.3. The van der Waals surface area contributed by atoms with Crippen LogP contribution in [-0.4, -0.2) is 39.5 Å². The molecule has 1 aliphatic rings. The van der Waals surface area contributed by atoms with Crippen LogP contribution in [0.15, 0.2) is 24.3 Å². The van der Waals surface area contributed by atoms with E-state index in [9.17, 15) is 20.1 Å². The fraction of sp³-hybridized carbons (Fsp3) is 0.750. The fourth-order valence-electron chi connectivity index (χ4n) is 3.43. The highest BCUT2D eigenvalue weighted by Gasteiger charge is 2.39. The quantitative estimate of drug-likeness (QED) is 0.319. The van der Waals surface area contributed by atoms with Crippen LogP contribution in [0.4, 0.5) is 0 Å². The second-order valence-corrected chi connectivity index (χ2v) is 7.13. The minimum atomic E-state index is -0.567. The van der Waals surface area contributed by atoms with Crippen LogP contribution in [0.2, 0.25) is 0 Å². The number of primary amides is 1. The van der Waals surface area contributed by atoms with Gasteiger partial charge in [0.15, 0.2) is 0 Å². The van der Waals surface area contributed by atoms with E-state index >= 15 is 0 Å². The van der Waals surface area contributed by atoms with E-state index < -0.39 is 18.3 Å². The zero-order valence-electron chi connectivity index (χ0n) is 15.4. The van der Waals surface area contributed by atoms with Gasteiger partial charge in [-0.25, -0.2) is 0 Å². The van der Waals surface area contributed by atoms with Gasteiger partial charge in [-0.05, 0) is 31.6 Å². The lowest BCUT2D eigenvalue weighted by Crippen LogP contribution is -2.20. The molecule has 0 aromatic carbocycles. The van der Waals surface area contributed by atoms with Crippen LogP contribution >= 0.6 is 0 Å². The monoisotopic (exact) mass is 353 g/mol. The topological polar surface area (TPSA) is 104 Å². The molecule has 1 saturated carbocycles. The van der Waals surface area contributed by atoms with Gasteiger partial charge in [0.25, 0.3) is 0 Å². The van der Waals surface area contributed by atoms with Crippen LogP contribution < -0.4 is 5.73 Å². The fourth-order valence-corrected chi connectivity index (χ4v) is 3.43. The molecule has 0 spiro atoms. The van der Waals surface area contributed by atoms with E-state index in [0.29, 0.717) is 19.3 Å². The zero-order chi connectivity index (χ0) is 18.7. The average molecular weight is 354 g/mol. The largest absolute Gasteiger partial charge is 0.393 e. The number of carbonyl (C=O) groups is 1. The molecule has 0 bridgehead atoms. The van der Waals surface area contributed by atoms with Crippen molar-refractivity contribution in [2.45, 2.75) is 83.0 Å². The van der Waals surface area contributed by atoms with E-state index in [4.69, 9.17) is 5.73 Å². The van der Waals surface area contributed by atoms with Crippen LogP contribution in [0.5, 0.6) is 0 Å². The van der Waals surface area contributed by atoms with Crippen molar-refractivity contribution in [3.63, 3.8) is 0 Å². The van der Waals surface area contributed by atoms with Gasteiger partial charge in [-0.2, -0.15) is 0 Å². The molecule has 5 N–H and O–H groups in total. The van der Waals surface area contributed by atoms with Gasteiger partial charge in [-0.3, -0.25) is 4.79 Å². The van der Waals surface area contributed by atoms with E-state index in [1.807, 2.05) is 18.2 Å². The number of aliphatic hydroxyl groups is 3. The van der Waals surface area contributed by atoms with Gasteiger partial charge >= 0.3 is 0 Å². The molecule has 0 aliphatic heterocycles. The van der Waals surface area contributed by atoms with E-state index in [2.05, 4.69) is 6.92 Å². The lowest BCUT2D eigenvalue weighted by Gasteiger charge is -2.19. The molecule has 1 aliphatic carbocycles. The molecule has 0 heterocycles. The third kappa shape index (κ3) is 8.66. The highest BCUT2D eigenvalue weighted by Crippen LogP contribution is 2.36. The molecule has 1 rings (SSSR count). The first kappa shape index (κ1) is 21.9. The molecule has 5 heteroatoms. The molecule has 1 fully saturated rings. The van der Waals surface area contributed by atoms with Crippen LogP contribution in [0, 0.1) is 11.8 Å². The Labute approximate surface area is 151 Å². The average Bonchev–Trinajstić information content (AvgIpc) is 2.82. The molecule has 0 aromatic heterocycles.